The average Bonchev–Trinajstić information content (AvgIpc) is 2.25. The van der Waals surface area contributed by atoms with E-state index < -0.39 is 0 Å². The third kappa shape index (κ3) is 3.94. The zero-order valence-corrected chi connectivity index (χ0v) is 8.80. The van der Waals surface area contributed by atoms with Gasteiger partial charge in [0.25, 0.3) is 0 Å². The molecule has 0 aromatic heterocycles. The van der Waals surface area contributed by atoms with E-state index in [0.717, 1.165) is 11.3 Å². The summed E-state index contributed by atoms with van der Waals surface area (Å²) in [6.07, 6.45) is 0.550. The minimum atomic E-state index is 0.177. The van der Waals surface area contributed by atoms with Crippen LogP contribution < -0.4 is 0 Å². The van der Waals surface area contributed by atoms with Crippen molar-refractivity contribution < 1.29 is 9.90 Å². The molecule has 0 atom stereocenters. The molecule has 1 aromatic carbocycles. The normalized spacial score (nSPS) is 10.1. The Hall–Kier alpha value is -0.800. The van der Waals surface area contributed by atoms with Crippen molar-refractivity contribution in [2.24, 2.45) is 0 Å². The molecule has 0 amide bonds. The summed E-state index contributed by atoms with van der Waals surface area (Å²) in [5, 5.41) is 8.54. The number of carbonyl (C=O) groups is 1. The monoisotopic (exact) mass is 210 g/mol. The van der Waals surface area contributed by atoms with Gasteiger partial charge in [0.1, 0.15) is 0 Å². The van der Waals surface area contributed by atoms with Gasteiger partial charge in [-0.25, -0.2) is 0 Å². The molecule has 0 bridgehead atoms. The molecule has 76 valence electrons. The minimum absolute atomic E-state index is 0.177. The maximum Gasteiger partial charge on any atom is 0.163 e. The smallest absolute Gasteiger partial charge is 0.163 e. The molecule has 0 unspecified atom stereocenters. The predicted octanol–water partition coefficient (Wildman–Crippen LogP) is 1.98. The van der Waals surface area contributed by atoms with Crippen LogP contribution in [0, 0.1) is 0 Å². The Labute approximate surface area is 88.3 Å². The second-order valence-corrected chi connectivity index (χ2v) is 4.10. The maximum atomic E-state index is 11.5. The van der Waals surface area contributed by atoms with Crippen LogP contribution in [-0.2, 0) is 0 Å². The summed E-state index contributed by atoms with van der Waals surface area (Å²) < 4.78 is 0. The van der Waals surface area contributed by atoms with Gasteiger partial charge >= 0.3 is 0 Å². The van der Waals surface area contributed by atoms with E-state index in [1.807, 2.05) is 30.3 Å². The molecule has 1 rings (SSSR count). The van der Waals surface area contributed by atoms with Crippen molar-refractivity contribution in [3.05, 3.63) is 35.9 Å². The lowest BCUT2D eigenvalue weighted by Gasteiger charge is -1.99. The van der Waals surface area contributed by atoms with Gasteiger partial charge in [-0.05, 0) is 0 Å². The highest BCUT2D eigenvalue weighted by Crippen LogP contribution is 2.07. The maximum absolute atomic E-state index is 11.5. The van der Waals surface area contributed by atoms with E-state index in [9.17, 15) is 4.79 Å². The van der Waals surface area contributed by atoms with E-state index >= 15 is 0 Å². The van der Waals surface area contributed by atoms with E-state index in [0.29, 0.717) is 12.2 Å². The SMILES string of the molecule is O=C(CCSCCO)c1ccccc1. The fraction of sp³-hybridized carbons (Fsp3) is 0.364. The second-order valence-electron chi connectivity index (χ2n) is 2.88. The van der Waals surface area contributed by atoms with Crippen molar-refractivity contribution in [2.75, 3.05) is 18.1 Å². The first-order valence-electron chi connectivity index (χ1n) is 4.61. The number of aliphatic hydroxyl groups excluding tert-OH is 1. The van der Waals surface area contributed by atoms with Crippen molar-refractivity contribution in [3.8, 4) is 0 Å². The number of ketones is 1. The first-order chi connectivity index (χ1) is 6.84. The highest BCUT2D eigenvalue weighted by Gasteiger charge is 2.03. The molecular formula is C11H14O2S. The van der Waals surface area contributed by atoms with Gasteiger partial charge in [-0.2, -0.15) is 11.8 Å². The molecule has 0 saturated carbocycles. The van der Waals surface area contributed by atoms with Gasteiger partial charge in [-0.1, -0.05) is 30.3 Å². The van der Waals surface area contributed by atoms with Crippen LogP contribution in [0.15, 0.2) is 30.3 Å². The summed E-state index contributed by atoms with van der Waals surface area (Å²) in [5.41, 5.74) is 0.775. The number of benzene rings is 1. The van der Waals surface area contributed by atoms with Gasteiger partial charge in [-0.15, -0.1) is 0 Å². The molecule has 0 fully saturated rings. The number of hydrogen-bond acceptors (Lipinski definition) is 3. The van der Waals surface area contributed by atoms with Crippen molar-refractivity contribution in [1.29, 1.82) is 0 Å². The summed E-state index contributed by atoms with van der Waals surface area (Å²) >= 11 is 1.61. The second kappa shape index (κ2) is 6.62. The highest BCUT2D eigenvalue weighted by atomic mass is 32.2. The topological polar surface area (TPSA) is 37.3 Å². The van der Waals surface area contributed by atoms with E-state index in [2.05, 4.69) is 0 Å². The van der Waals surface area contributed by atoms with Crippen LogP contribution in [-0.4, -0.2) is 29.0 Å². The molecule has 0 spiro atoms. The molecule has 1 aromatic rings. The van der Waals surface area contributed by atoms with Crippen LogP contribution in [0.5, 0.6) is 0 Å². The molecule has 0 heterocycles. The zero-order chi connectivity index (χ0) is 10.2. The summed E-state index contributed by atoms with van der Waals surface area (Å²) in [7, 11) is 0. The van der Waals surface area contributed by atoms with Gasteiger partial charge in [0, 0.05) is 23.5 Å². The van der Waals surface area contributed by atoms with E-state index in [1.54, 1.807) is 11.8 Å². The molecule has 0 aliphatic heterocycles. The summed E-state index contributed by atoms with van der Waals surface area (Å²) in [6.45, 7) is 0.185. The van der Waals surface area contributed by atoms with Crippen LogP contribution in [0.2, 0.25) is 0 Å². The molecule has 3 heteroatoms. The van der Waals surface area contributed by atoms with Gasteiger partial charge in [-0.3, -0.25) is 4.79 Å². The van der Waals surface area contributed by atoms with Crippen LogP contribution in [0.4, 0.5) is 0 Å². The Morgan fingerprint density at radius 1 is 1.21 bits per heavy atom. The quantitative estimate of drug-likeness (QED) is 0.576. The third-order valence-electron chi connectivity index (χ3n) is 1.80. The fourth-order valence-corrected chi connectivity index (χ4v) is 1.76. The standard InChI is InChI=1S/C11H14O2S/c12-7-9-14-8-6-11(13)10-4-2-1-3-5-10/h1-5,12H,6-9H2. The highest BCUT2D eigenvalue weighted by molar-refractivity contribution is 7.99. The van der Waals surface area contributed by atoms with E-state index in [4.69, 9.17) is 5.11 Å². The number of aliphatic hydroxyl groups is 1. The fourth-order valence-electron chi connectivity index (χ4n) is 1.10. The number of rotatable bonds is 6. The molecular weight excluding hydrogens is 196 g/mol. The largest absolute Gasteiger partial charge is 0.396 e. The first-order valence-corrected chi connectivity index (χ1v) is 5.77. The van der Waals surface area contributed by atoms with Gasteiger partial charge < -0.3 is 5.11 Å². The molecule has 0 saturated heterocycles. The Morgan fingerprint density at radius 2 is 1.93 bits per heavy atom. The van der Waals surface area contributed by atoms with Gasteiger partial charge in [0.05, 0.1) is 6.61 Å². The minimum Gasteiger partial charge on any atom is -0.396 e. The average molecular weight is 210 g/mol. The van der Waals surface area contributed by atoms with Crippen LogP contribution >= 0.6 is 11.8 Å². The Kier molecular flexibility index (Phi) is 5.33. The summed E-state index contributed by atoms with van der Waals surface area (Å²) in [6, 6.07) is 9.30. The third-order valence-corrected chi connectivity index (χ3v) is 2.77. The lowest BCUT2D eigenvalue weighted by atomic mass is 10.1. The molecule has 0 radical (unpaired) electrons. The van der Waals surface area contributed by atoms with Crippen LogP contribution in [0.3, 0.4) is 0 Å². The van der Waals surface area contributed by atoms with Gasteiger partial charge in [0.2, 0.25) is 0 Å². The zero-order valence-electron chi connectivity index (χ0n) is 7.98. The molecule has 2 nitrogen and oxygen atoms in total. The Morgan fingerprint density at radius 3 is 2.57 bits per heavy atom. The van der Waals surface area contributed by atoms with Crippen molar-refractivity contribution >= 4 is 17.5 Å². The Balaban J connectivity index is 2.29. The molecule has 14 heavy (non-hydrogen) atoms. The van der Waals surface area contributed by atoms with E-state index in [1.165, 1.54) is 0 Å². The van der Waals surface area contributed by atoms with E-state index in [-0.39, 0.29) is 12.4 Å². The molecule has 0 aliphatic carbocycles. The predicted molar refractivity (Wildman–Crippen MR) is 59.8 cm³/mol. The Bertz CT molecular complexity index is 272. The van der Waals surface area contributed by atoms with Crippen LogP contribution in [0.25, 0.3) is 0 Å². The van der Waals surface area contributed by atoms with Gasteiger partial charge in [0.15, 0.2) is 5.78 Å². The number of Topliss-reactive ketones (excluding diaryl/α,β-unsaturated/α-hetero) is 1. The molecule has 0 aliphatic rings. The number of thioether (sulfide) groups is 1. The van der Waals surface area contributed by atoms with Crippen LogP contribution in [0.1, 0.15) is 16.8 Å². The first kappa shape index (κ1) is 11.3. The summed E-state index contributed by atoms with van der Waals surface area (Å²) in [4.78, 5) is 11.5. The van der Waals surface area contributed by atoms with Crippen molar-refractivity contribution in [3.63, 3.8) is 0 Å². The lowest BCUT2D eigenvalue weighted by Crippen LogP contribution is -2.00. The number of hydrogen-bond donors (Lipinski definition) is 1. The molecule has 1 N–H and O–H groups in total. The summed E-state index contributed by atoms with van der Waals surface area (Å²) in [5.74, 6) is 1.67. The van der Waals surface area contributed by atoms with Crippen molar-refractivity contribution in [2.45, 2.75) is 6.42 Å². The lowest BCUT2D eigenvalue weighted by molar-refractivity contribution is 0.0989. The number of carbonyl (C=O) groups excluding carboxylic acids is 1. The van der Waals surface area contributed by atoms with Crippen molar-refractivity contribution in [1.82, 2.24) is 0 Å².